The summed E-state index contributed by atoms with van der Waals surface area (Å²) in [6.45, 7) is 0.551. The first-order valence-electron chi connectivity index (χ1n) is 6.02. The maximum atomic E-state index is 11.9. The molecule has 0 aliphatic rings. The van der Waals surface area contributed by atoms with Gasteiger partial charge < -0.3 is 5.32 Å². The van der Waals surface area contributed by atoms with Crippen molar-refractivity contribution in [3.63, 3.8) is 0 Å². The summed E-state index contributed by atoms with van der Waals surface area (Å²) in [6.07, 6.45) is 0.770. The second-order valence-corrected chi connectivity index (χ2v) is 5.33. The van der Waals surface area contributed by atoms with Crippen molar-refractivity contribution >= 4 is 17.2 Å². The Morgan fingerprint density at radius 3 is 2.70 bits per heavy atom. The summed E-state index contributed by atoms with van der Waals surface area (Å²) in [7, 11) is 2.90. The van der Waals surface area contributed by atoms with Gasteiger partial charge in [0.05, 0.1) is 0 Å². The summed E-state index contributed by atoms with van der Waals surface area (Å²) < 4.78 is 2.22. The number of rotatable bonds is 4. The van der Waals surface area contributed by atoms with Crippen molar-refractivity contribution in [1.29, 1.82) is 5.26 Å². The van der Waals surface area contributed by atoms with Crippen molar-refractivity contribution in [2.24, 2.45) is 14.1 Å². The van der Waals surface area contributed by atoms with Crippen molar-refractivity contribution in [3.05, 3.63) is 48.8 Å². The molecule has 2 aromatic rings. The zero-order chi connectivity index (χ0) is 14.7. The van der Waals surface area contributed by atoms with Crippen LogP contribution in [0.1, 0.15) is 10.4 Å². The first kappa shape index (κ1) is 14.1. The van der Waals surface area contributed by atoms with Crippen LogP contribution in [0.15, 0.2) is 27.1 Å². The van der Waals surface area contributed by atoms with Gasteiger partial charge in [0.2, 0.25) is 0 Å². The van der Waals surface area contributed by atoms with Crippen LogP contribution in [0, 0.1) is 11.3 Å². The highest BCUT2D eigenvalue weighted by Gasteiger charge is 2.14. The van der Waals surface area contributed by atoms with Gasteiger partial charge in [0.25, 0.3) is 5.56 Å². The Labute approximate surface area is 119 Å². The summed E-state index contributed by atoms with van der Waals surface area (Å²) in [5.41, 5.74) is -1.07. The highest BCUT2D eigenvalue weighted by Crippen LogP contribution is 2.11. The van der Waals surface area contributed by atoms with Gasteiger partial charge in [-0.05, 0) is 17.9 Å². The van der Waals surface area contributed by atoms with Crippen LogP contribution in [-0.2, 0) is 20.5 Å². The van der Waals surface area contributed by atoms with Gasteiger partial charge >= 0.3 is 5.69 Å². The number of hydrogen-bond acceptors (Lipinski definition) is 5. The minimum atomic E-state index is -0.575. The molecule has 0 radical (unpaired) electrons. The highest BCUT2D eigenvalue weighted by atomic mass is 32.1. The second kappa shape index (κ2) is 5.75. The monoisotopic (exact) mass is 290 g/mol. The molecule has 0 aromatic carbocycles. The molecule has 0 saturated heterocycles. The number of nitriles is 1. The number of nitrogens with one attached hydrogen (secondary N) is 1. The van der Waals surface area contributed by atoms with E-state index in [1.54, 1.807) is 11.3 Å². The van der Waals surface area contributed by atoms with Crippen molar-refractivity contribution in [1.82, 2.24) is 9.13 Å². The quantitative estimate of drug-likeness (QED) is 0.897. The molecule has 0 fully saturated rings. The molecule has 20 heavy (non-hydrogen) atoms. The largest absolute Gasteiger partial charge is 0.370 e. The summed E-state index contributed by atoms with van der Waals surface area (Å²) in [5, 5.41) is 14.1. The number of nitrogens with zero attached hydrogens (tertiary/aromatic N) is 3. The first-order valence-corrected chi connectivity index (χ1v) is 6.90. The lowest BCUT2D eigenvalue weighted by atomic mass is 10.3. The van der Waals surface area contributed by atoms with Gasteiger partial charge in [0.15, 0.2) is 5.56 Å². The molecule has 0 aliphatic carbocycles. The van der Waals surface area contributed by atoms with E-state index in [4.69, 9.17) is 5.26 Å². The SMILES string of the molecule is Cn1c(NCCc2cccs2)c(C#N)c(=O)n(C)c1=O. The molecule has 0 atom stereocenters. The van der Waals surface area contributed by atoms with Gasteiger partial charge in [0, 0.05) is 25.5 Å². The van der Waals surface area contributed by atoms with Gasteiger partial charge in [-0.1, -0.05) is 6.07 Å². The highest BCUT2D eigenvalue weighted by molar-refractivity contribution is 7.09. The first-order chi connectivity index (χ1) is 9.56. The Hall–Kier alpha value is -2.33. The molecule has 0 spiro atoms. The molecule has 0 saturated carbocycles. The van der Waals surface area contributed by atoms with Gasteiger partial charge in [-0.25, -0.2) is 4.79 Å². The summed E-state index contributed by atoms with van der Waals surface area (Å²) in [6, 6.07) is 5.84. The Morgan fingerprint density at radius 1 is 1.35 bits per heavy atom. The smallest absolute Gasteiger partial charge is 0.332 e. The Balaban J connectivity index is 2.30. The van der Waals surface area contributed by atoms with Crippen LogP contribution in [0.5, 0.6) is 0 Å². The molecule has 7 heteroatoms. The summed E-state index contributed by atoms with van der Waals surface area (Å²) >= 11 is 1.64. The van der Waals surface area contributed by atoms with Crippen LogP contribution >= 0.6 is 11.3 Å². The molecule has 2 heterocycles. The van der Waals surface area contributed by atoms with Crippen LogP contribution in [0.4, 0.5) is 5.82 Å². The molecule has 0 bridgehead atoms. The Morgan fingerprint density at radius 2 is 2.10 bits per heavy atom. The molecular formula is C13H14N4O2S. The van der Waals surface area contributed by atoms with Crippen LogP contribution in [0.3, 0.4) is 0 Å². The molecule has 0 amide bonds. The average Bonchev–Trinajstić information content (AvgIpc) is 2.95. The van der Waals surface area contributed by atoms with Crippen molar-refractivity contribution in [2.45, 2.75) is 6.42 Å². The zero-order valence-corrected chi connectivity index (χ0v) is 12.0. The maximum Gasteiger partial charge on any atom is 0.332 e. The number of hydrogen-bond donors (Lipinski definition) is 1. The molecular weight excluding hydrogens is 276 g/mol. The standard InChI is InChI=1S/C13H14N4O2S/c1-16-11(15-6-5-9-4-3-7-20-9)10(8-14)12(18)17(2)13(16)19/h3-4,7,15H,5-6H2,1-2H3. The van der Waals surface area contributed by atoms with Gasteiger partial charge in [-0.15, -0.1) is 11.3 Å². The van der Waals surface area contributed by atoms with E-state index < -0.39 is 11.2 Å². The molecule has 0 unspecified atom stereocenters. The van der Waals surface area contributed by atoms with E-state index in [1.165, 1.54) is 23.5 Å². The lowest BCUT2D eigenvalue weighted by molar-refractivity contribution is 0.685. The van der Waals surface area contributed by atoms with E-state index in [0.717, 1.165) is 11.0 Å². The van der Waals surface area contributed by atoms with Gasteiger partial charge in [0.1, 0.15) is 11.9 Å². The van der Waals surface area contributed by atoms with Crippen LogP contribution < -0.4 is 16.6 Å². The molecule has 2 aromatic heterocycles. The van der Waals surface area contributed by atoms with Gasteiger partial charge in [-0.3, -0.25) is 13.9 Å². The Bertz CT molecular complexity index is 765. The topological polar surface area (TPSA) is 79.8 Å². The van der Waals surface area contributed by atoms with Crippen molar-refractivity contribution < 1.29 is 0 Å². The fourth-order valence-electron chi connectivity index (χ4n) is 1.91. The molecule has 104 valence electrons. The van der Waals surface area contributed by atoms with Crippen molar-refractivity contribution in [3.8, 4) is 6.07 Å². The molecule has 1 N–H and O–H groups in total. The fraction of sp³-hybridized carbons (Fsp3) is 0.308. The zero-order valence-electron chi connectivity index (χ0n) is 11.2. The van der Waals surface area contributed by atoms with Crippen LogP contribution in [0.2, 0.25) is 0 Å². The predicted octanol–water partition coefficient (Wildman–Crippen LogP) is 0.672. The predicted molar refractivity (Wildman–Crippen MR) is 78.2 cm³/mol. The minimum Gasteiger partial charge on any atom is -0.370 e. The third kappa shape index (κ3) is 2.51. The number of anilines is 1. The van der Waals surface area contributed by atoms with E-state index in [9.17, 15) is 9.59 Å². The second-order valence-electron chi connectivity index (χ2n) is 4.30. The van der Waals surface area contributed by atoms with E-state index in [2.05, 4.69) is 5.32 Å². The third-order valence-electron chi connectivity index (χ3n) is 3.02. The summed E-state index contributed by atoms with van der Waals surface area (Å²) in [4.78, 5) is 24.9. The minimum absolute atomic E-state index is 0.0409. The Kier molecular flexibility index (Phi) is 4.05. The van der Waals surface area contributed by atoms with Crippen LogP contribution in [0.25, 0.3) is 0 Å². The molecule has 6 nitrogen and oxygen atoms in total. The number of aromatic nitrogens is 2. The van der Waals surface area contributed by atoms with Gasteiger partial charge in [-0.2, -0.15) is 5.26 Å². The fourth-order valence-corrected chi connectivity index (χ4v) is 2.62. The van der Waals surface area contributed by atoms with E-state index in [1.807, 2.05) is 23.6 Å². The molecule has 0 aliphatic heterocycles. The summed E-state index contributed by atoms with van der Waals surface area (Å²) in [5.74, 6) is 0.275. The lowest BCUT2D eigenvalue weighted by Gasteiger charge is -2.13. The normalized spacial score (nSPS) is 10.2. The van der Waals surface area contributed by atoms with E-state index in [0.29, 0.717) is 6.54 Å². The van der Waals surface area contributed by atoms with Crippen molar-refractivity contribution in [2.75, 3.05) is 11.9 Å². The molecule has 2 rings (SSSR count). The average molecular weight is 290 g/mol. The maximum absolute atomic E-state index is 11.9. The van der Waals surface area contributed by atoms with E-state index >= 15 is 0 Å². The number of thiophene rings is 1. The van der Waals surface area contributed by atoms with Crippen LogP contribution in [-0.4, -0.2) is 15.7 Å². The van der Waals surface area contributed by atoms with E-state index in [-0.39, 0.29) is 11.4 Å². The lowest BCUT2D eigenvalue weighted by Crippen LogP contribution is -2.40. The third-order valence-corrected chi connectivity index (χ3v) is 3.96.